The van der Waals surface area contributed by atoms with Crippen LogP contribution in [0.2, 0.25) is 5.02 Å². The number of rotatable bonds is 5. The molecule has 1 fully saturated rings. The number of aromatic nitrogens is 4. The third kappa shape index (κ3) is 5.13. The van der Waals surface area contributed by atoms with Crippen molar-refractivity contribution in [1.29, 1.82) is 0 Å². The van der Waals surface area contributed by atoms with Crippen LogP contribution in [0.25, 0.3) is 0 Å². The Bertz CT molecular complexity index is 1140. The molecular weight excluding hydrogens is 514 g/mol. The van der Waals surface area contributed by atoms with Crippen molar-refractivity contribution in [2.24, 2.45) is 7.05 Å². The Hall–Kier alpha value is -2.43. The first-order valence-corrected chi connectivity index (χ1v) is 11.9. The molecule has 1 amide bonds. The van der Waals surface area contributed by atoms with Gasteiger partial charge in [-0.05, 0) is 59.0 Å². The van der Waals surface area contributed by atoms with Crippen molar-refractivity contribution in [1.82, 2.24) is 24.5 Å². The molecule has 1 aromatic carbocycles. The third-order valence-electron chi connectivity index (χ3n) is 5.27. The summed E-state index contributed by atoms with van der Waals surface area (Å²) in [5.74, 6) is 0.516. The van der Waals surface area contributed by atoms with Crippen molar-refractivity contribution in [2.75, 3.05) is 23.7 Å². The van der Waals surface area contributed by atoms with E-state index in [2.05, 4.69) is 36.8 Å². The van der Waals surface area contributed by atoms with E-state index in [-0.39, 0.29) is 5.91 Å². The van der Waals surface area contributed by atoms with E-state index in [9.17, 15) is 4.79 Å². The van der Waals surface area contributed by atoms with E-state index >= 15 is 0 Å². The number of hydrogen-bond donors (Lipinski definition) is 2. The Balaban J connectivity index is 1.44. The Kier molecular flexibility index (Phi) is 7.12. The maximum atomic E-state index is 13.0. The minimum atomic E-state index is -0.0415. The number of piperidine rings is 1. The molecule has 0 unspecified atom stereocenters. The van der Waals surface area contributed by atoms with Gasteiger partial charge in [0.15, 0.2) is 10.9 Å². The van der Waals surface area contributed by atoms with Crippen LogP contribution in [-0.2, 0) is 13.6 Å². The first-order valence-electron chi connectivity index (χ1n) is 10.3. The molecule has 0 radical (unpaired) electrons. The van der Waals surface area contributed by atoms with Gasteiger partial charge in [0.05, 0.1) is 22.9 Å². The molecule has 1 aliphatic heterocycles. The number of hydrogen-bond acceptors (Lipinski definition) is 4. The maximum absolute atomic E-state index is 13.0. The van der Waals surface area contributed by atoms with Crippen molar-refractivity contribution < 1.29 is 4.79 Å². The van der Waals surface area contributed by atoms with E-state index in [1.807, 2.05) is 35.4 Å². The summed E-state index contributed by atoms with van der Waals surface area (Å²) in [6.07, 6.45) is 6.67. The molecule has 1 aliphatic rings. The van der Waals surface area contributed by atoms with Crippen LogP contribution < -0.4 is 10.6 Å². The van der Waals surface area contributed by atoms with Crippen LogP contribution in [0.15, 0.2) is 41.1 Å². The second kappa shape index (κ2) is 10.0. The molecule has 2 aromatic heterocycles. The van der Waals surface area contributed by atoms with E-state index < -0.39 is 0 Å². The molecular formula is C21H23BrClN7OS. The molecule has 8 nitrogen and oxygen atoms in total. The normalized spacial score (nSPS) is 13.8. The molecule has 168 valence electrons. The van der Waals surface area contributed by atoms with Gasteiger partial charge in [-0.15, -0.1) is 0 Å². The largest absolute Gasteiger partial charge is 0.337 e. The number of thiocarbonyl (C=S) groups is 1. The standard InChI is InChI=1S/C21H23BrClN7OS/c1-28-18(20(31)29-9-5-2-6-10-29)17(11-24-28)25-21(32)26-19-15(22)13-30(27-19)12-14-7-3-4-8-16(14)23/h3-4,7-8,11,13H,2,5-6,9-10,12H2,1H3,(H2,25,26,27,32). The molecule has 0 aliphatic carbocycles. The summed E-state index contributed by atoms with van der Waals surface area (Å²) in [5.41, 5.74) is 2.01. The Labute approximate surface area is 205 Å². The van der Waals surface area contributed by atoms with Gasteiger partial charge in [-0.3, -0.25) is 14.2 Å². The lowest BCUT2D eigenvalue weighted by atomic mass is 10.1. The fourth-order valence-electron chi connectivity index (χ4n) is 3.65. The second-order valence-electron chi connectivity index (χ2n) is 7.58. The number of carbonyl (C=O) groups is 1. The van der Waals surface area contributed by atoms with Crippen molar-refractivity contribution in [3.05, 3.63) is 57.4 Å². The van der Waals surface area contributed by atoms with Crippen LogP contribution in [0.1, 0.15) is 35.3 Å². The minimum Gasteiger partial charge on any atom is -0.337 e. The highest BCUT2D eigenvalue weighted by Crippen LogP contribution is 2.24. The van der Waals surface area contributed by atoms with E-state index in [4.69, 9.17) is 23.8 Å². The number of amides is 1. The molecule has 0 atom stereocenters. The van der Waals surface area contributed by atoms with Gasteiger partial charge in [0, 0.05) is 31.4 Å². The highest BCUT2D eigenvalue weighted by atomic mass is 79.9. The van der Waals surface area contributed by atoms with Gasteiger partial charge >= 0.3 is 0 Å². The van der Waals surface area contributed by atoms with Crippen molar-refractivity contribution in [3.8, 4) is 0 Å². The summed E-state index contributed by atoms with van der Waals surface area (Å²) in [6.45, 7) is 2.06. The first-order chi connectivity index (χ1) is 15.4. The fourth-order valence-corrected chi connectivity index (χ4v) is 4.47. The number of nitrogens with zero attached hydrogens (tertiary/aromatic N) is 5. The number of halogens is 2. The van der Waals surface area contributed by atoms with Crippen LogP contribution in [0.4, 0.5) is 11.5 Å². The van der Waals surface area contributed by atoms with E-state index in [0.29, 0.717) is 33.9 Å². The third-order valence-corrected chi connectivity index (χ3v) is 6.43. The van der Waals surface area contributed by atoms with Gasteiger partial charge in [-0.1, -0.05) is 29.8 Å². The summed E-state index contributed by atoms with van der Waals surface area (Å²) in [5, 5.41) is 16.0. The first kappa shape index (κ1) is 22.8. The zero-order chi connectivity index (χ0) is 22.7. The fraction of sp³-hybridized carbons (Fsp3) is 0.333. The van der Waals surface area contributed by atoms with E-state index in [1.165, 1.54) is 0 Å². The Morgan fingerprint density at radius 3 is 2.72 bits per heavy atom. The van der Waals surface area contributed by atoms with Crippen LogP contribution >= 0.6 is 39.7 Å². The molecule has 0 spiro atoms. The molecule has 0 saturated carbocycles. The second-order valence-corrected chi connectivity index (χ2v) is 9.25. The Morgan fingerprint density at radius 1 is 1.22 bits per heavy atom. The number of aryl methyl sites for hydroxylation is 1. The smallest absolute Gasteiger partial charge is 0.274 e. The Morgan fingerprint density at radius 2 is 1.97 bits per heavy atom. The van der Waals surface area contributed by atoms with Gasteiger partial charge in [-0.2, -0.15) is 10.2 Å². The highest BCUT2D eigenvalue weighted by molar-refractivity contribution is 9.10. The van der Waals surface area contributed by atoms with Crippen molar-refractivity contribution in [2.45, 2.75) is 25.8 Å². The van der Waals surface area contributed by atoms with Gasteiger partial charge in [-0.25, -0.2) is 0 Å². The lowest BCUT2D eigenvalue weighted by Gasteiger charge is -2.27. The predicted octanol–water partition coefficient (Wildman–Crippen LogP) is 4.52. The number of nitrogens with one attached hydrogen (secondary N) is 2. The van der Waals surface area contributed by atoms with Crippen LogP contribution in [-0.4, -0.2) is 48.6 Å². The molecule has 0 bridgehead atoms. The van der Waals surface area contributed by atoms with Crippen LogP contribution in [0.5, 0.6) is 0 Å². The van der Waals surface area contributed by atoms with Crippen LogP contribution in [0.3, 0.4) is 0 Å². The van der Waals surface area contributed by atoms with Gasteiger partial charge in [0.25, 0.3) is 5.91 Å². The van der Waals surface area contributed by atoms with Gasteiger partial charge < -0.3 is 15.5 Å². The lowest BCUT2D eigenvalue weighted by molar-refractivity contribution is 0.0714. The summed E-state index contributed by atoms with van der Waals surface area (Å²) >= 11 is 15.2. The predicted molar refractivity (Wildman–Crippen MR) is 133 cm³/mol. The summed E-state index contributed by atoms with van der Waals surface area (Å²) in [7, 11) is 1.76. The molecule has 4 rings (SSSR count). The highest BCUT2D eigenvalue weighted by Gasteiger charge is 2.25. The summed E-state index contributed by atoms with van der Waals surface area (Å²) in [4.78, 5) is 14.9. The van der Waals surface area contributed by atoms with E-state index in [0.717, 1.165) is 42.4 Å². The maximum Gasteiger partial charge on any atom is 0.274 e. The summed E-state index contributed by atoms with van der Waals surface area (Å²) in [6, 6.07) is 7.64. The zero-order valence-electron chi connectivity index (χ0n) is 17.5. The number of carbonyl (C=O) groups excluding carboxylic acids is 1. The van der Waals surface area contributed by atoms with E-state index in [1.54, 1.807) is 22.6 Å². The number of benzene rings is 1. The quantitative estimate of drug-likeness (QED) is 0.467. The van der Waals surface area contributed by atoms with Crippen molar-refractivity contribution >= 4 is 62.3 Å². The van der Waals surface area contributed by atoms with Crippen LogP contribution in [0, 0.1) is 0 Å². The summed E-state index contributed by atoms with van der Waals surface area (Å²) < 4.78 is 4.10. The monoisotopic (exact) mass is 535 g/mol. The SMILES string of the molecule is Cn1ncc(NC(=S)Nc2nn(Cc3ccccc3Cl)cc2Br)c1C(=O)N1CCCCC1. The molecule has 2 N–H and O–H groups in total. The van der Waals surface area contributed by atoms with Gasteiger partial charge in [0.2, 0.25) is 0 Å². The average molecular weight is 537 g/mol. The molecule has 11 heteroatoms. The topological polar surface area (TPSA) is 80.0 Å². The number of anilines is 2. The average Bonchev–Trinajstić information content (AvgIpc) is 3.31. The van der Waals surface area contributed by atoms with Crippen molar-refractivity contribution in [3.63, 3.8) is 0 Å². The molecule has 32 heavy (non-hydrogen) atoms. The molecule has 3 heterocycles. The molecule has 3 aromatic rings. The zero-order valence-corrected chi connectivity index (χ0v) is 20.7. The lowest BCUT2D eigenvalue weighted by Crippen LogP contribution is -2.37. The number of likely N-dealkylation sites (tertiary alicyclic amines) is 1. The minimum absolute atomic E-state index is 0.0415. The molecule has 1 saturated heterocycles. The van der Waals surface area contributed by atoms with Gasteiger partial charge in [0.1, 0.15) is 5.69 Å².